The van der Waals surface area contributed by atoms with E-state index in [9.17, 15) is 14.7 Å². The van der Waals surface area contributed by atoms with Crippen LogP contribution in [0.2, 0.25) is 0 Å². The zero-order valence-corrected chi connectivity index (χ0v) is 25.3. The Kier molecular flexibility index (Phi) is 11.6. The minimum absolute atomic E-state index is 0.0126. The van der Waals surface area contributed by atoms with Crippen LogP contribution in [0.3, 0.4) is 0 Å². The summed E-state index contributed by atoms with van der Waals surface area (Å²) in [7, 11) is 0. The highest BCUT2D eigenvalue weighted by atomic mass is 16.5. The van der Waals surface area contributed by atoms with Gasteiger partial charge >= 0.3 is 5.97 Å². The summed E-state index contributed by atoms with van der Waals surface area (Å²) < 4.78 is 6.20. The Morgan fingerprint density at radius 3 is 2.13 bits per heavy atom. The van der Waals surface area contributed by atoms with Crippen LogP contribution in [0.4, 0.5) is 0 Å². The number of aliphatic hydroxyl groups is 1. The molecule has 0 amide bonds. The molecule has 0 saturated heterocycles. The van der Waals surface area contributed by atoms with E-state index in [0.29, 0.717) is 30.6 Å². The molecule has 0 spiro atoms. The number of carbonyl (C=O) groups is 2. The van der Waals surface area contributed by atoms with Crippen molar-refractivity contribution in [3.63, 3.8) is 0 Å². The van der Waals surface area contributed by atoms with Gasteiger partial charge in [-0.2, -0.15) is 0 Å². The molecule has 6 atom stereocenters. The van der Waals surface area contributed by atoms with Crippen molar-refractivity contribution in [3.05, 3.63) is 11.6 Å². The van der Waals surface area contributed by atoms with Gasteiger partial charge in [-0.15, -0.1) is 0 Å². The van der Waals surface area contributed by atoms with Crippen LogP contribution in [0.15, 0.2) is 11.6 Å². The monoisotopic (exact) mass is 542 g/mol. The first kappa shape index (κ1) is 30.8. The first-order valence-electron chi connectivity index (χ1n) is 17.0. The summed E-state index contributed by atoms with van der Waals surface area (Å²) in [5.74, 6) is 1.86. The fraction of sp³-hybridized carbons (Fsp3) is 0.886. The summed E-state index contributed by atoms with van der Waals surface area (Å²) in [4.78, 5) is 24.9. The molecule has 0 unspecified atom stereocenters. The number of esters is 1. The van der Waals surface area contributed by atoms with Crippen LogP contribution >= 0.6 is 0 Å². The van der Waals surface area contributed by atoms with Gasteiger partial charge in [0.2, 0.25) is 0 Å². The van der Waals surface area contributed by atoms with Gasteiger partial charge in [0.1, 0.15) is 6.10 Å². The second kappa shape index (κ2) is 14.6. The molecule has 39 heavy (non-hydrogen) atoms. The predicted octanol–water partition coefficient (Wildman–Crippen LogP) is 8.88. The Labute approximate surface area is 239 Å². The van der Waals surface area contributed by atoms with Crippen molar-refractivity contribution >= 4 is 11.8 Å². The minimum Gasteiger partial charge on any atom is -0.462 e. The minimum atomic E-state index is -0.179. The molecule has 222 valence electrons. The highest BCUT2D eigenvalue weighted by molar-refractivity contribution is 5.91. The molecule has 1 N–H and O–H groups in total. The Bertz CT molecular complexity index is 833. The van der Waals surface area contributed by atoms with Crippen LogP contribution in [-0.2, 0) is 14.3 Å². The molecule has 4 rings (SSSR count). The van der Waals surface area contributed by atoms with Gasteiger partial charge in [0.15, 0.2) is 5.78 Å². The lowest BCUT2D eigenvalue weighted by Gasteiger charge is -2.58. The number of hydrogen-bond acceptors (Lipinski definition) is 4. The summed E-state index contributed by atoms with van der Waals surface area (Å²) in [5, 5.41) is 10.6. The second-order valence-electron chi connectivity index (χ2n) is 14.0. The molecule has 3 fully saturated rings. The summed E-state index contributed by atoms with van der Waals surface area (Å²) in [6, 6.07) is 0. The highest BCUT2D eigenvalue weighted by Crippen LogP contribution is 2.65. The third-order valence-corrected chi connectivity index (χ3v) is 11.6. The van der Waals surface area contributed by atoms with Crippen molar-refractivity contribution in [2.75, 3.05) is 6.61 Å². The molecule has 0 heterocycles. The maximum absolute atomic E-state index is 12.8. The van der Waals surface area contributed by atoms with Crippen molar-refractivity contribution in [1.29, 1.82) is 0 Å². The average Bonchev–Trinajstić information content (AvgIpc) is 3.26. The average molecular weight is 543 g/mol. The van der Waals surface area contributed by atoms with Gasteiger partial charge in [0.25, 0.3) is 0 Å². The van der Waals surface area contributed by atoms with E-state index in [-0.39, 0.29) is 35.3 Å². The molecular formula is C35H58O4. The number of hydrogen-bond donors (Lipinski definition) is 1. The lowest BCUT2D eigenvalue weighted by atomic mass is 9.47. The van der Waals surface area contributed by atoms with Crippen LogP contribution in [0.25, 0.3) is 0 Å². The summed E-state index contributed by atoms with van der Waals surface area (Å²) in [6.45, 7) is 4.83. The van der Waals surface area contributed by atoms with E-state index >= 15 is 0 Å². The molecule has 0 bridgehead atoms. The fourth-order valence-corrected chi connectivity index (χ4v) is 9.31. The Morgan fingerprint density at radius 2 is 1.49 bits per heavy atom. The summed E-state index contributed by atoms with van der Waals surface area (Å²) in [5.41, 5.74) is 1.11. The van der Waals surface area contributed by atoms with Gasteiger partial charge in [0, 0.05) is 23.7 Å². The number of unbranched alkanes of at least 4 members (excludes halogenated alkanes) is 12. The first-order valence-corrected chi connectivity index (χ1v) is 17.0. The Balaban J connectivity index is 1.14. The molecular weight excluding hydrogens is 484 g/mol. The van der Waals surface area contributed by atoms with Crippen LogP contribution in [0, 0.1) is 28.6 Å². The van der Waals surface area contributed by atoms with Gasteiger partial charge in [-0.1, -0.05) is 96.5 Å². The topological polar surface area (TPSA) is 63.6 Å². The zero-order valence-electron chi connectivity index (χ0n) is 25.3. The van der Waals surface area contributed by atoms with E-state index in [1.165, 1.54) is 76.2 Å². The highest BCUT2D eigenvalue weighted by Gasteiger charge is 2.61. The van der Waals surface area contributed by atoms with Crippen molar-refractivity contribution in [2.45, 2.75) is 161 Å². The molecule has 0 radical (unpaired) electrons. The Hall–Kier alpha value is -1.16. The van der Waals surface area contributed by atoms with Gasteiger partial charge in [-0.3, -0.25) is 9.59 Å². The third kappa shape index (κ3) is 7.19. The lowest BCUT2D eigenvalue weighted by Crippen LogP contribution is -2.53. The van der Waals surface area contributed by atoms with Crippen LogP contribution in [0.5, 0.6) is 0 Å². The SMILES string of the molecule is CCCCCCCCCCCCCCCC(=O)O[C@H]1CC[C@H]2[C@@H]3CCC4=CC(=O)CC[C@]4(CO)[C@H]3CC[C@]12C. The largest absolute Gasteiger partial charge is 0.462 e. The first-order chi connectivity index (χ1) is 18.9. The number of carbonyl (C=O) groups excluding carboxylic acids is 2. The molecule has 4 heteroatoms. The number of ketones is 1. The van der Waals surface area contributed by atoms with E-state index in [1.54, 1.807) is 0 Å². The van der Waals surface area contributed by atoms with Gasteiger partial charge < -0.3 is 9.84 Å². The summed E-state index contributed by atoms with van der Waals surface area (Å²) >= 11 is 0. The van der Waals surface area contributed by atoms with Crippen LogP contribution in [-0.4, -0.2) is 29.6 Å². The van der Waals surface area contributed by atoms with Crippen molar-refractivity contribution in [1.82, 2.24) is 0 Å². The molecule has 0 aromatic rings. The molecule has 3 saturated carbocycles. The van der Waals surface area contributed by atoms with E-state index < -0.39 is 0 Å². The van der Waals surface area contributed by atoms with Crippen molar-refractivity contribution in [3.8, 4) is 0 Å². The quantitative estimate of drug-likeness (QED) is 0.156. The molecule has 4 aliphatic carbocycles. The Morgan fingerprint density at radius 1 is 0.846 bits per heavy atom. The zero-order chi connectivity index (χ0) is 27.7. The maximum atomic E-state index is 12.8. The molecule has 4 nitrogen and oxygen atoms in total. The van der Waals surface area contributed by atoms with E-state index in [4.69, 9.17) is 4.74 Å². The second-order valence-corrected chi connectivity index (χ2v) is 14.0. The summed E-state index contributed by atoms with van der Waals surface area (Å²) in [6.07, 6.45) is 27.3. The molecule has 0 aromatic heterocycles. The van der Waals surface area contributed by atoms with Gasteiger partial charge in [-0.25, -0.2) is 0 Å². The van der Waals surface area contributed by atoms with Crippen molar-refractivity contribution in [2.24, 2.45) is 28.6 Å². The third-order valence-electron chi connectivity index (χ3n) is 11.6. The van der Waals surface area contributed by atoms with Crippen LogP contribution < -0.4 is 0 Å². The molecule has 0 aromatic carbocycles. The van der Waals surface area contributed by atoms with E-state index in [2.05, 4.69) is 13.8 Å². The molecule has 0 aliphatic heterocycles. The lowest BCUT2D eigenvalue weighted by molar-refractivity contribution is -0.160. The van der Waals surface area contributed by atoms with Crippen LogP contribution in [0.1, 0.15) is 155 Å². The number of fused-ring (bicyclic) bond motifs is 5. The number of ether oxygens (including phenoxy) is 1. The standard InChI is InChI=1S/C35H58O4/c1-3-4-5-6-7-8-9-10-11-12-13-14-15-16-33(38)39-32-20-19-30-29-18-17-27-25-28(37)21-24-35(27,26-36)31(29)22-23-34(30,32)2/h25,29-32,36H,3-24,26H2,1-2H3/t29-,30-,31-,32-,34-,35+/m0/s1. The smallest absolute Gasteiger partial charge is 0.306 e. The molecule has 4 aliphatic rings. The van der Waals surface area contributed by atoms with Gasteiger partial charge in [-0.05, 0) is 75.2 Å². The van der Waals surface area contributed by atoms with E-state index in [1.807, 2.05) is 6.08 Å². The number of aliphatic hydroxyl groups excluding tert-OH is 1. The van der Waals surface area contributed by atoms with E-state index in [0.717, 1.165) is 57.8 Å². The predicted molar refractivity (Wildman–Crippen MR) is 158 cm³/mol. The number of rotatable bonds is 16. The maximum Gasteiger partial charge on any atom is 0.306 e. The van der Waals surface area contributed by atoms with Gasteiger partial charge in [0.05, 0.1) is 6.61 Å². The van der Waals surface area contributed by atoms with Crippen molar-refractivity contribution < 1.29 is 19.4 Å². The normalized spacial score (nSPS) is 33.7. The fourth-order valence-electron chi connectivity index (χ4n) is 9.31.